The maximum atomic E-state index is 12.2. The standard InChI is InChI=1S/C15H19NO2/c1-11(17)16-14-9-7-13(8-10-14)15(18)12-5-3-2-4-6-12/h7-10,12H,2-6H2,1H3,(H,16,17). The summed E-state index contributed by atoms with van der Waals surface area (Å²) in [5, 5.41) is 2.70. The zero-order chi connectivity index (χ0) is 13.0. The van der Waals surface area contributed by atoms with Crippen LogP contribution >= 0.6 is 0 Å². The van der Waals surface area contributed by atoms with Gasteiger partial charge in [0.15, 0.2) is 5.78 Å². The fraction of sp³-hybridized carbons (Fsp3) is 0.467. The lowest BCUT2D eigenvalue weighted by Crippen LogP contribution is -2.17. The summed E-state index contributed by atoms with van der Waals surface area (Å²) in [6.07, 6.45) is 5.63. The molecule has 3 heteroatoms. The fourth-order valence-corrected chi connectivity index (χ4v) is 2.52. The minimum atomic E-state index is -0.0960. The molecule has 1 aromatic rings. The van der Waals surface area contributed by atoms with Gasteiger partial charge < -0.3 is 5.32 Å². The van der Waals surface area contributed by atoms with Crippen LogP contribution in [0.2, 0.25) is 0 Å². The van der Waals surface area contributed by atoms with Crippen LogP contribution in [0.25, 0.3) is 0 Å². The number of nitrogens with one attached hydrogen (secondary N) is 1. The molecule has 18 heavy (non-hydrogen) atoms. The van der Waals surface area contributed by atoms with Gasteiger partial charge in [-0.3, -0.25) is 9.59 Å². The topological polar surface area (TPSA) is 46.2 Å². The van der Waals surface area contributed by atoms with E-state index in [1.807, 2.05) is 12.1 Å². The summed E-state index contributed by atoms with van der Waals surface area (Å²) in [7, 11) is 0. The van der Waals surface area contributed by atoms with Gasteiger partial charge in [-0.15, -0.1) is 0 Å². The Morgan fingerprint density at radius 2 is 1.67 bits per heavy atom. The molecule has 1 aliphatic carbocycles. The van der Waals surface area contributed by atoms with E-state index in [4.69, 9.17) is 0 Å². The van der Waals surface area contributed by atoms with E-state index in [-0.39, 0.29) is 17.6 Å². The summed E-state index contributed by atoms with van der Waals surface area (Å²) >= 11 is 0. The lowest BCUT2D eigenvalue weighted by molar-refractivity contribution is -0.114. The van der Waals surface area contributed by atoms with E-state index >= 15 is 0 Å². The Balaban J connectivity index is 2.04. The van der Waals surface area contributed by atoms with Crippen LogP contribution in [0.15, 0.2) is 24.3 Å². The number of anilines is 1. The van der Waals surface area contributed by atoms with E-state index in [2.05, 4.69) is 5.32 Å². The second-order valence-corrected chi connectivity index (χ2v) is 4.96. The highest BCUT2D eigenvalue weighted by Gasteiger charge is 2.22. The molecule has 0 bridgehead atoms. The third-order valence-corrected chi connectivity index (χ3v) is 3.47. The van der Waals surface area contributed by atoms with Gasteiger partial charge in [-0.05, 0) is 37.1 Å². The molecule has 1 amide bonds. The van der Waals surface area contributed by atoms with E-state index in [9.17, 15) is 9.59 Å². The molecule has 1 aliphatic rings. The van der Waals surface area contributed by atoms with Crippen molar-refractivity contribution in [2.45, 2.75) is 39.0 Å². The van der Waals surface area contributed by atoms with Crippen LogP contribution < -0.4 is 5.32 Å². The van der Waals surface area contributed by atoms with E-state index in [1.165, 1.54) is 26.2 Å². The Hall–Kier alpha value is -1.64. The average Bonchev–Trinajstić information content (AvgIpc) is 2.39. The minimum Gasteiger partial charge on any atom is -0.326 e. The van der Waals surface area contributed by atoms with Gasteiger partial charge in [-0.25, -0.2) is 0 Å². The lowest BCUT2D eigenvalue weighted by atomic mass is 9.84. The number of Topliss-reactive ketones (excluding diaryl/α,β-unsaturated/α-hetero) is 1. The largest absolute Gasteiger partial charge is 0.326 e. The number of benzene rings is 1. The number of carbonyl (C=O) groups excluding carboxylic acids is 2. The molecule has 2 rings (SSSR count). The highest BCUT2D eigenvalue weighted by Crippen LogP contribution is 2.27. The monoisotopic (exact) mass is 245 g/mol. The molecule has 1 saturated carbocycles. The van der Waals surface area contributed by atoms with Crippen molar-refractivity contribution < 1.29 is 9.59 Å². The molecule has 0 heterocycles. The molecular weight excluding hydrogens is 226 g/mol. The van der Waals surface area contributed by atoms with Crippen molar-refractivity contribution in [1.29, 1.82) is 0 Å². The van der Waals surface area contributed by atoms with Gasteiger partial charge in [0.25, 0.3) is 0 Å². The number of hydrogen-bond acceptors (Lipinski definition) is 2. The molecule has 1 aromatic carbocycles. The van der Waals surface area contributed by atoms with Crippen LogP contribution in [-0.2, 0) is 4.79 Å². The van der Waals surface area contributed by atoms with Gasteiger partial charge >= 0.3 is 0 Å². The van der Waals surface area contributed by atoms with Crippen LogP contribution in [0.1, 0.15) is 49.4 Å². The van der Waals surface area contributed by atoms with Crippen LogP contribution in [0, 0.1) is 5.92 Å². The second kappa shape index (κ2) is 5.80. The second-order valence-electron chi connectivity index (χ2n) is 4.96. The van der Waals surface area contributed by atoms with Gasteiger partial charge in [0.2, 0.25) is 5.91 Å². The summed E-state index contributed by atoms with van der Waals surface area (Å²) in [5.41, 5.74) is 1.50. The Labute approximate surface area is 108 Å². The zero-order valence-corrected chi connectivity index (χ0v) is 10.7. The lowest BCUT2D eigenvalue weighted by Gasteiger charge is -2.20. The molecule has 1 fully saturated rings. The molecule has 1 N–H and O–H groups in total. The average molecular weight is 245 g/mol. The summed E-state index contributed by atoms with van der Waals surface area (Å²) in [5.74, 6) is 0.357. The molecule has 0 atom stereocenters. The molecule has 0 aromatic heterocycles. The van der Waals surface area contributed by atoms with Crippen molar-refractivity contribution in [2.75, 3.05) is 5.32 Å². The van der Waals surface area contributed by atoms with Crippen LogP contribution in [-0.4, -0.2) is 11.7 Å². The molecule has 0 radical (unpaired) electrons. The van der Waals surface area contributed by atoms with E-state index < -0.39 is 0 Å². The quantitative estimate of drug-likeness (QED) is 0.829. The number of hydrogen-bond donors (Lipinski definition) is 1. The van der Waals surface area contributed by atoms with Gasteiger partial charge in [0.05, 0.1) is 0 Å². The predicted octanol–water partition coefficient (Wildman–Crippen LogP) is 3.41. The smallest absolute Gasteiger partial charge is 0.221 e. The van der Waals surface area contributed by atoms with Crippen LogP contribution in [0.3, 0.4) is 0 Å². The van der Waals surface area contributed by atoms with E-state index in [0.717, 1.165) is 24.1 Å². The van der Waals surface area contributed by atoms with Crippen molar-refractivity contribution in [1.82, 2.24) is 0 Å². The molecule has 96 valence electrons. The van der Waals surface area contributed by atoms with Crippen molar-refractivity contribution >= 4 is 17.4 Å². The summed E-state index contributed by atoms with van der Waals surface area (Å²) in [6, 6.07) is 7.19. The third kappa shape index (κ3) is 3.19. The van der Waals surface area contributed by atoms with E-state index in [1.54, 1.807) is 12.1 Å². The number of rotatable bonds is 3. The maximum Gasteiger partial charge on any atom is 0.221 e. The molecular formula is C15H19NO2. The Kier molecular flexibility index (Phi) is 4.13. The number of ketones is 1. The van der Waals surface area contributed by atoms with Crippen molar-refractivity contribution in [3.05, 3.63) is 29.8 Å². The normalized spacial score (nSPS) is 16.3. The maximum absolute atomic E-state index is 12.2. The summed E-state index contributed by atoms with van der Waals surface area (Å²) < 4.78 is 0. The number of amides is 1. The van der Waals surface area contributed by atoms with Crippen LogP contribution in [0.5, 0.6) is 0 Å². The molecule has 3 nitrogen and oxygen atoms in total. The first kappa shape index (κ1) is 12.8. The first-order valence-corrected chi connectivity index (χ1v) is 6.58. The summed E-state index contributed by atoms with van der Waals surface area (Å²) in [4.78, 5) is 23.1. The minimum absolute atomic E-state index is 0.0960. The SMILES string of the molecule is CC(=O)Nc1ccc(C(=O)C2CCCCC2)cc1. The first-order valence-electron chi connectivity index (χ1n) is 6.58. The zero-order valence-electron chi connectivity index (χ0n) is 10.7. The van der Waals surface area contributed by atoms with Gasteiger partial charge in [-0.1, -0.05) is 19.3 Å². The van der Waals surface area contributed by atoms with Gasteiger partial charge in [0.1, 0.15) is 0 Å². The fourth-order valence-electron chi connectivity index (χ4n) is 2.52. The molecule has 0 spiro atoms. The molecule has 0 unspecified atom stereocenters. The van der Waals surface area contributed by atoms with Crippen molar-refractivity contribution in [3.8, 4) is 0 Å². The van der Waals surface area contributed by atoms with E-state index in [0.29, 0.717) is 0 Å². The first-order chi connectivity index (χ1) is 8.66. The Morgan fingerprint density at radius 1 is 1.06 bits per heavy atom. The van der Waals surface area contributed by atoms with Gasteiger partial charge in [0, 0.05) is 24.1 Å². The molecule has 0 saturated heterocycles. The Morgan fingerprint density at radius 3 is 2.22 bits per heavy atom. The highest BCUT2D eigenvalue weighted by molar-refractivity contribution is 5.98. The highest BCUT2D eigenvalue weighted by atomic mass is 16.1. The van der Waals surface area contributed by atoms with Crippen molar-refractivity contribution in [2.24, 2.45) is 5.92 Å². The van der Waals surface area contributed by atoms with Crippen molar-refractivity contribution in [3.63, 3.8) is 0 Å². The molecule has 0 aliphatic heterocycles. The van der Waals surface area contributed by atoms with Gasteiger partial charge in [-0.2, -0.15) is 0 Å². The summed E-state index contributed by atoms with van der Waals surface area (Å²) in [6.45, 7) is 1.47. The van der Waals surface area contributed by atoms with Crippen LogP contribution in [0.4, 0.5) is 5.69 Å². The predicted molar refractivity (Wildman–Crippen MR) is 71.7 cm³/mol. The number of carbonyl (C=O) groups is 2. The third-order valence-electron chi connectivity index (χ3n) is 3.47. The Bertz CT molecular complexity index is 430.